The van der Waals surface area contributed by atoms with Crippen LogP contribution in [-0.2, 0) is 26.1 Å². The normalized spacial score (nSPS) is 11.9. The van der Waals surface area contributed by atoms with Crippen LogP contribution in [0.1, 0.15) is 26.3 Å². The summed E-state index contributed by atoms with van der Waals surface area (Å²) < 4.78 is 40.1. The van der Waals surface area contributed by atoms with E-state index in [2.05, 4.69) is 4.98 Å². The van der Waals surface area contributed by atoms with E-state index >= 15 is 0 Å². The van der Waals surface area contributed by atoms with Gasteiger partial charge in [0.2, 0.25) is 16.0 Å². The fourth-order valence-corrected chi connectivity index (χ4v) is 5.00. The zero-order valence-electron chi connectivity index (χ0n) is 20.4. The van der Waals surface area contributed by atoms with E-state index in [1.165, 1.54) is 31.6 Å². The lowest BCUT2D eigenvalue weighted by molar-refractivity contribution is -0.155. The van der Waals surface area contributed by atoms with Gasteiger partial charge in [0.1, 0.15) is 17.9 Å². The average Bonchev–Trinajstić information content (AvgIpc) is 2.81. The molecule has 0 bridgehead atoms. The van der Waals surface area contributed by atoms with E-state index in [4.69, 9.17) is 32.4 Å². The highest BCUT2D eigenvalue weighted by Crippen LogP contribution is 2.30. The largest absolute Gasteiger partial charge is 0.497 e. The van der Waals surface area contributed by atoms with Gasteiger partial charge in [0.25, 0.3) is 0 Å². The van der Waals surface area contributed by atoms with Crippen molar-refractivity contribution in [1.82, 2.24) is 9.29 Å². The quantitative estimate of drug-likeness (QED) is 0.194. The predicted octanol–water partition coefficient (Wildman–Crippen LogP) is 3.63. The molecule has 0 amide bonds. The van der Waals surface area contributed by atoms with Crippen LogP contribution in [0.3, 0.4) is 0 Å². The number of nitrogens with two attached hydrogens (primary N) is 1. The van der Waals surface area contributed by atoms with E-state index in [0.717, 1.165) is 8.72 Å². The zero-order chi connectivity index (χ0) is 26.7. The Hall–Kier alpha value is -3.41. The number of rotatable bonds is 8. The predicted molar refractivity (Wildman–Crippen MR) is 138 cm³/mol. The number of hydrogen-bond acceptors (Lipinski definition) is 7. The Morgan fingerprint density at radius 3 is 2.53 bits per heavy atom. The van der Waals surface area contributed by atoms with Crippen molar-refractivity contribution >= 4 is 50.2 Å². The summed E-state index contributed by atoms with van der Waals surface area (Å²) in [5.74, 6) is -0.537. The van der Waals surface area contributed by atoms with E-state index in [0.29, 0.717) is 27.8 Å². The van der Waals surface area contributed by atoms with Crippen molar-refractivity contribution in [3.05, 3.63) is 60.4 Å². The van der Waals surface area contributed by atoms with Crippen LogP contribution in [-0.4, -0.2) is 48.9 Å². The summed E-state index contributed by atoms with van der Waals surface area (Å²) in [6.45, 7) is 4.55. The Morgan fingerprint density at radius 2 is 1.89 bits per heavy atom. The molecule has 0 aliphatic heterocycles. The molecule has 0 aliphatic carbocycles. The molecular weight excluding hydrogens is 506 g/mol. The van der Waals surface area contributed by atoms with Crippen LogP contribution in [0, 0.1) is 5.41 Å². The summed E-state index contributed by atoms with van der Waals surface area (Å²) in [6.07, 6.45) is 2.89. The number of sulfonamides is 1. The number of pyridine rings is 1. The van der Waals surface area contributed by atoms with Gasteiger partial charge >= 0.3 is 5.97 Å². The highest BCUT2D eigenvalue weighted by Gasteiger charge is 2.30. The third kappa shape index (κ3) is 6.42. The van der Waals surface area contributed by atoms with Gasteiger partial charge in [-0.1, -0.05) is 18.2 Å². The number of guanidine groups is 1. The number of aromatic nitrogens is 1. The number of nitrogens with zero attached hydrogens (tertiary/aromatic N) is 3. The number of carbonyl (C=O) groups excluding carboxylic acids is 1. The molecule has 192 valence electrons. The molecule has 0 spiro atoms. The molecule has 0 saturated carbocycles. The lowest BCUT2D eigenvalue weighted by Crippen LogP contribution is -2.38. The second-order valence-corrected chi connectivity index (χ2v) is 11.2. The molecule has 1 aromatic heterocycles. The minimum absolute atomic E-state index is 0.0515. The lowest BCUT2D eigenvalue weighted by atomic mass is 10.1. The van der Waals surface area contributed by atoms with Crippen molar-refractivity contribution in [1.29, 1.82) is 5.41 Å². The molecule has 36 heavy (non-hydrogen) atoms. The third-order valence-corrected chi connectivity index (χ3v) is 7.14. The number of benzene rings is 2. The fourth-order valence-electron chi connectivity index (χ4n) is 3.45. The zero-order valence-corrected chi connectivity index (χ0v) is 21.9. The lowest BCUT2D eigenvalue weighted by Gasteiger charge is -2.25. The SMILES string of the molecule is COc1cccc(CN(CC(=O)OC(C)(C)C)S(=O)(=O)c2ccc3c(N(Cl)C(=N)N)cncc3c2)c1. The number of hydrogen-bond donors (Lipinski definition) is 2. The van der Waals surface area contributed by atoms with Gasteiger partial charge in [-0.15, -0.1) is 0 Å². The van der Waals surface area contributed by atoms with Crippen LogP contribution < -0.4 is 14.9 Å². The first kappa shape index (κ1) is 27.2. The highest BCUT2D eigenvalue weighted by molar-refractivity contribution is 7.89. The molecule has 0 unspecified atom stereocenters. The summed E-state index contributed by atoms with van der Waals surface area (Å²) in [4.78, 5) is 16.7. The molecule has 3 N–H and O–H groups in total. The Bertz CT molecular complexity index is 1390. The standard InChI is InChI=1S/C24H28ClN5O5S/c1-24(2,3)35-22(31)15-29(14-16-6-5-7-18(10-16)34-4)36(32,33)19-8-9-20-17(11-19)12-28-13-21(20)30(25)23(26)27/h5-13H,14-15H2,1-4H3,(H3,26,27). The van der Waals surface area contributed by atoms with Gasteiger partial charge in [0.05, 0.1) is 23.9 Å². The Morgan fingerprint density at radius 1 is 1.17 bits per heavy atom. The van der Waals surface area contributed by atoms with Crippen molar-refractivity contribution in [2.24, 2.45) is 5.73 Å². The van der Waals surface area contributed by atoms with Gasteiger partial charge < -0.3 is 15.2 Å². The Kier molecular flexibility index (Phi) is 8.07. The smallest absolute Gasteiger partial charge is 0.321 e. The summed E-state index contributed by atoms with van der Waals surface area (Å²) >= 11 is 6.08. The molecule has 0 saturated heterocycles. The minimum Gasteiger partial charge on any atom is -0.497 e. The van der Waals surface area contributed by atoms with Gasteiger partial charge in [-0.05, 0) is 50.6 Å². The summed E-state index contributed by atoms with van der Waals surface area (Å²) in [7, 11) is -2.65. The molecule has 0 fully saturated rings. The van der Waals surface area contributed by atoms with Crippen molar-refractivity contribution < 1.29 is 22.7 Å². The van der Waals surface area contributed by atoms with Crippen molar-refractivity contribution in [3.63, 3.8) is 0 Å². The van der Waals surface area contributed by atoms with E-state index in [-0.39, 0.29) is 11.4 Å². The van der Waals surface area contributed by atoms with Crippen LogP contribution in [0.15, 0.2) is 59.8 Å². The van der Waals surface area contributed by atoms with Crippen LogP contribution in [0.4, 0.5) is 5.69 Å². The monoisotopic (exact) mass is 533 g/mol. The van der Waals surface area contributed by atoms with Gasteiger partial charge in [0, 0.05) is 35.3 Å². The molecule has 3 aromatic rings. The van der Waals surface area contributed by atoms with Gasteiger partial charge in [-0.25, -0.2) is 12.8 Å². The Labute approximate surface area is 215 Å². The van der Waals surface area contributed by atoms with Gasteiger partial charge in [-0.3, -0.25) is 15.2 Å². The first-order valence-electron chi connectivity index (χ1n) is 10.8. The third-order valence-electron chi connectivity index (χ3n) is 4.99. The molecule has 10 nitrogen and oxygen atoms in total. The maximum atomic E-state index is 13.7. The van der Waals surface area contributed by atoms with E-state index in [1.54, 1.807) is 51.1 Å². The molecule has 0 atom stereocenters. The number of esters is 1. The first-order chi connectivity index (χ1) is 16.8. The molecule has 0 aliphatic rings. The average molecular weight is 534 g/mol. The van der Waals surface area contributed by atoms with Crippen molar-refractivity contribution in [3.8, 4) is 5.75 Å². The van der Waals surface area contributed by atoms with Crippen LogP contribution in [0.2, 0.25) is 0 Å². The topological polar surface area (TPSA) is 139 Å². The number of ether oxygens (including phenoxy) is 2. The molecule has 2 aromatic carbocycles. The Balaban J connectivity index is 2.04. The minimum atomic E-state index is -4.16. The number of nitrogens with one attached hydrogen (secondary N) is 1. The van der Waals surface area contributed by atoms with E-state index in [9.17, 15) is 13.2 Å². The molecule has 3 rings (SSSR count). The van der Waals surface area contributed by atoms with Crippen molar-refractivity contribution in [2.45, 2.75) is 37.8 Å². The molecule has 12 heteroatoms. The maximum absolute atomic E-state index is 13.7. The first-order valence-corrected chi connectivity index (χ1v) is 12.6. The van der Waals surface area contributed by atoms with Crippen LogP contribution in [0.5, 0.6) is 5.75 Å². The second kappa shape index (κ2) is 10.7. The number of carbonyl (C=O) groups is 1. The van der Waals surface area contributed by atoms with Crippen LogP contribution >= 0.6 is 11.8 Å². The number of halogens is 1. The van der Waals surface area contributed by atoms with Crippen molar-refractivity contribution in [2.75, 3.05) is 18.1 Å². The van der Waals surface area contributed by atoms with Gasteiger partial charge in [-0.2, -0.15) is 4.31 Å². The summed E-state index contributed by atoms with van der Waals surface area (Å²) in [5, 5.41) is 8.56. The van der Waals surface area contributed by atoms with Crippen LogP contribution in [0.25, 0.3) is 10.8 Å². The number of methoxy groups -OCH3 is 1. The maximum Gasteiger partial charge on any atom is 0.321 e. The molecule has 1 heterocycles. The molecule has 0 radical (unpaired) electrons. The van der Waals surface area contributed by atoms with E-state index < -0.39 is 34.1 Å². The summed E-state index contributed by atoms with van der Waals surface area (Å²) in [6, 6.07) is 11.3. The number of anilines is 1. The van der Waals surface area contributed by atoms with E-state index in [1.807, 2.05) is 0 Å². The highest BCUT2D eigenvalue weighted by atomic mass is 35.5. The number of fused-ring (bicyclic) bond motifs is 1. The molecular formula is C24H28ClN5O5S. The second-order valence-electron chi connectivity index (χ2n) is 8.92. The van der Waals surface area contributed by atoms with Gasteiger partial charge in [0.15, 0.2) is 0 Å². The summed E-state index contributed by atoms with van der Waals surface area (Å²) in [5.41, 5.74) is 5.65. The fraction of sp³-hybridized carbons (Fsp3) is 0.292.